The zero-order valence-corrected chi connectivity index (χ0v) is 11.5. The molecule has 0 spiro atoms. The molecular weight excluding hydrogens is 312 g/mol. The molecule has 62 valence electrons. The molecule has 11 heteroatoms. The summed E-state index contributed by atoms with van der Waals surface area (Å²) in [5, 5.41) is 0. The SMILES string of the molecule is O=S(=O)([O-])SSS(=O)(=O)[O-].[Sr+2]. The van der Waals surface area contributed by atoms with Gasteiger partial charge >= 0.3 is 45.5 Å². The van der Waals surface area contributed by atoms with Gasteiger partial charge in [0, 0.05) is 19.7 Å². The van der Waals surface area contributed by atoms with Crippen LogP contribution >= 0.6 is 19.7 Å². The molecule has 0 aliphatic rings. The van der Waals surface area contributed by atoms with Crippen LogP contribution < -0.4 is 0 Å². The van der Waals surface area contributed by atoms with Crippen molar-refractivity contribution < 1.29 is 25.9 Å². The van der Waals surface area contributed by atoms with E-state index < -0.39 is 38.0 Å². The fraction of sp³-hybridized carbons (Fsp3) is 0. The fourth-order valence-corrected chi connectivity index (χ4v) is 5.51. The van der Waals surface area contributed by atoms with Crippen LogP contribution in [0.2, 0.25) is 0 Å². The van der Waals surface area contributed by atoms with Gasteiger partial charge in [0.05, 0.1) is 0 Å². The Kier molecular flexibility index (Phi) is 7.98. The van der Waals surface area contributed by atoms with Crippen molar-refractivity contribution in [3.8, 4) is 0 Å². The van der Waals surface area contributed by atoms with E-state index in [-0.39, 0.29) is 45.5 Å². The Balaban J connectivity index is 0. The van der Waals surface area contributed by atoms with Gasteiger partial charge in [-0.05, 0) is 0 Å². The summed E-state index contributed by atoms with van der Waals surface area (Å²) in [6, 6.07) is 0. The molecule has 0 amide bonds. The van der Waals surface area contributed by atoms with E-state index in [0.29, 0.717) is 0 Å². The Morgan fingerprint density at radius 2 is 1.00 bits per heavy atom. The Morgan fingerprint density at radius 1 is 0.818 bits per heavy atom. The molecule has 0 fully saturated rings. The molecule has 0 heterocycles. The van der Waals surface area contributed by atoms with Crippen LogP contribution in [0.25, 0.3) is 0 Å². The van der Waals surface area contributed by atoms with Crippen molar-refractivity contribution in [2.75, 3.05) is 0 Å². The van der Waals surface area contributed by atoms with Gasteiger partial charge in [0.25, 0.3) is 0 Å². The van der Waals surface area contributed by atoms with E-state index in [4.69, 9.17) is 0 Å². The van der Waals surface area contributed by atoms with E-state index in [9.17, 15) is 25.9 Å². The molecule has 0 aromatic carbocycles. The van der Waals surface area contributed by atoms with Gasteiger partial charge in [-0.1, -0.05) is 0 Å². The van der Waals surface area contributed by atoms with Gasteiger partial charge in [-0.2, -0.15) is 0 Å². The first kappa shape index (κ1) is 15.5. The van der Waals surface area contributed by atoms with Gasteiger partial charge < -0.3 is 9.11 Å². The van der Waals surface area contributed by atoms with Crippen molar-refractivity contribution in [3.63, 3.8) is 0 Å². The molecule has 0 radical (unpaired) electrons. The smallest absolute Gasteiger partial charge is 0.739 e. The van der Waals surface area contributed by atoms with Crippen LogP contribution in [0.5, 0.6) is 0 Å². The summed E-state index contributed by atoms with van der Waals surface area (Å²) in [7, 11) is -10.5. The molecule has 0 aliphatic carbocycles. The van der Waals surface area contributed by atoms with Gasteiger partial charge in [-0.25, -0.2) is 16.8 Å². The Morgan fingerprint density at radius 3 is 1.09 bits per heavy atom. The van der Waals surface area contributed by atoms with Crippen LogP contribution in [0.1, 0.15) is 0 Å². The average molecular weight is 312 g/mol. The van der Waals surface area contributed by atoms with Crippen molar-refractivity contribution >= 4 is 83.4 Å². The van der Waals surface area contributed by atoms with Gasteiger partial charge in [0.2, 0.25) is 0 Å². The van der Waals surface area contributed by atoms with E-state index in [1.807, 2.05) is 0 Å². The second-order valence-corrected chi connectivity index (χ2v) is 8.57. The topological polar surface area (TPSA) is 114 Å². The molecule has 0 aromatic heterocycles. The maximum absolute atomic E-state index is 9.66. The third-order valence-corrected chi connectivity index (χ3v) is 6.75. The minimum Gasteiger partial charge on any atom is -0.739 e. The van der Waals surface area contributed by atoms with Crippen LogP contribution in [0.4, 0.5) is 0 Å². The van der Waals surface area contributed by atoms with Crippen molar-refractivity contribution in [1.29, 1.82) is 0 Å². The Bertz CT molecular complexity index is 251. The van der Waals surface area contributed by atoms with Crippen molar-refractivity contribution in [1.82, 2.24) is 0 Å². The predicted molar refractivity (Wildman–Crippen MR) is 40.3 cm³/mol. The summed E-state index contributed by atoms with van der Waals surface area (Å²) < 4.78 is 58.0. The molecular formula is O6S4Sr. The number of rotatable bonds is 3. The monoisotopic (exact) mass is 312 g/mol. The predicted octanol–water partition coefficient (Wildman–Crippen LogP) is -1.09. The second-order valence-electron chi connectivity index (χ2n) is 0.953. The quantitative estimate of drug-likeness (QED) is 0.367. The summed E-state index contributed by atoms with van der Waals surface area (Å²) >= 11 is 0. The Hall–Kier alpha value is 2.00. The van der Waals surface area contributed by atoms with Gasteiger partial charge in [0.15, 0.2) is 18.3 Å². The molecule has 0 saturated carbocycles. The van der Waals surface area contributed by atoms with Gasteiger partial charge in [-0.15, -0.1) is 0 Å². The molecule has 0 unspecified atom stereocenters. The maximum atomic E-state index is 9.66. The Labute approximate surface area is 107 Å². The fourth-order valence-electron chi connectivity index (χ4n) is 0.0680. The van der Waals surface area contributed by atoms with Crippen molar-refractivity contribution in [3.05, 3.63) is 0 Å². The molecule has 11 heavy (non-hydrogen) atoms. The number of hydrogen-bond donors (Lipinski definition) is 0. The van der Waals surface area contributed by atoms with Gasteiger partial charge in [-0.3, -0.25) is 0 Å². The van der Waals surface area contributed by atoms with E-state index in [1.54, 1.807) is 0 Å². The first-order valence-electron chi connectivity index (χ1n) is 1.50. The molecule has 0 N–H and O–H groups in total. The molecule has 6 nitrogen and oxygen atoms in total. The third-order valence-electron chi connectivity index (χ3n) is 0.194. The van der Waals surface area contributed by atoms with Crippen molar-refractivity contribution in [2.45, 2.75) is 0 Å². The zero-order chi connectivity index (χ0) is 8.41. The first-order valence-corrected chi connectivity index (χ1v) is 7.50. The van der Waals surface area contributed by atoms with E-state index >= 15 is 0 Å². The zero-order valence-electron chi connectivity index (χ0n) is 4.79. The minimum absolute atomic E-state index is 0. The largest absolute Gasteiger partial charge is 2.00 e. The van der Waals surface area contributed by atoms with Crippen LogP contribution in [0.15, 0.2) is 0 Å². The van der Waals surface area contributed by atoms with Crippen molar-refractivity contribution in [2.24, 2.45) is 0 Å². The maximum Gasteiger partial charge on any atom is 2.00 e. The van der Waals surface area contributed by atoms with Crippen LogP contribution in [-0.4, -0.2) is 71.4 Å². The summed E-state index contributed by atoms with van der Waals surface area (Å²) in [6.07, 6.45) is 0. The van der Waals surface area contributed by atoms with Crippen LogP contribution in [0, 0.1) is 0 Å². The number of hydrogen-bond acceptors (Lipinski definition) is 8. The van der Waals surface area contributed by atoms with E-state index in [2.05, 4.69) is 0 Å². The van der Waals surface area contributed by atoms with Crippen LogP contribution in [-0.2, 0) is 18.3 Å². The average Bonchev–Trinajstić information content (AvgIpc) is 1.57. The minimum atomic E-state index is -4.71. The van der Waals surface area contributed by atoms with E-state index in [0.717, 1.165) is 0 Å². The summed E-state index contributed by atoms with van der Waals surface area (Å²) in [5.41, 5.74) is 0. The van der Waals surface area contributed by atoms with Gasteiger partial charge in [0.1, 0.15) is 0 Å². The third kappa shape index (κ3) is 14.8. The second kappa shape index (κ2) is 5.67. The molecule has 0 aromatic rings. The first-order chi connectivity index (χ1) is 4.21. The van der Waals surface area contributed by atoms with Crippen LogP contribution in [0.3, 0.4) is 0 Å². The summed E-state index contributed by atoms with van der Waals surface area (Å²) in [5.74, 6) is 0. The summed E-state index contributed by atoms with van der Waals surface area (Å²) in [4.78, 5) is 0. The standard InChI is InChI=1S/H2O6S4.Sr/c1-9(2,3)7-8-10(4,5)6;/h(H,1,2,3)(H,4,5,6);/q;+2/p-2. The molecule has 0 rings (SSSR count). The molecule has 0 bridgehead atoms. The van der Waals surface area contributed by atoms with E-state index in [1.165, 1.54) is 0 Å². The normalized spacial score (nSPS) is 12.2. The molecule has 0 saturated heterocycles. The molecule has 0 atom stereocenters. The summed E-state index contributed by atoms with van der Waals surface area (Å²) in [6.45, 7) is 0. The molecule has 0 aliphatic heterocycles.